The van der Waals surface area contributed by atoms with Gasteiger partial charge in [0.25, 0.3) is 0 Å². The summed E-state index contributed by atoms with van der Waals surface area (Å²) in [6, 6.07) is 7.31. The predicted octanol–water partition coefficient (Wildman–Crippen LogP) is 2.45. The lowest BCUT2D eigenvalue weighted by Gasteiger charge is -2.38. The Morgan fingerprint density at radius 3 is 2.62 bits per heavy atom. The van der Waals surface area contributed by atoms with Crippen molar-refractivity contribution < 1.29 is 18.0 Å². The van der Waals surface area contributed by atoms with E-state index in [0.29, 0.717) is 28.9 Å². The minimum absolute atomic E-state index is 0.163. The van der Waals surface area contributed by atoms with Crippen LogP contribution in [0.25, 0.3) is 10.1 Å². The lowest BCUT2D eigenvalue weighted by atomic mass is 9.96. The zero-order chi connectivity index (χ0) is 24.5. The van der Waals surface area contributed by atoms with Crippen molar-refractivity contribution in [3.05, 3.63) is 46.8 Å². The first-order valence-electron chi connectivity index (χ1n) is 11.3. The predicted molar refractivity (Wildman–Crippen MR) is 135 cm³/mol. The van der Waals surface area contributed by atoms with Crippen molar-refractivity contribution in [2.45, 2.75) is 18.1 Å². The Kier molecular flexibility index (Phi) is 7.63. The Hall–Kier alpha value is -1.98. The van der Waals surface area contributed by atoms with E-state index in [-0.39, 0.29) is 31.4 Å². The second kappa shape index (κ2) is 10.3. The maximum absolute atomic E-state index is 13.4. The number of rotatable bonds is 8. The molecule has 2 aliphatic heterocycles. The molecule has 0 spiro atoms. The first-order valence-corrected chi connectivity index (χ1v) is 14.0. The van der Waals surface area contributed by atoms with Crippen LogP contribution in [0.2, 0.25) is 5.02 Å². The lowest BCUT2D eigenvalue weighted by Crippen LogP contribution is -2.54. The zero-order valence-electron chi connectivity index (χ0n) is 18.9. The lowest BCUT2D eigenvalue weighted by molar-refractivity contribution is -0.135. The van der Waals surface area contributed by atoms with Gasteiger partial charge in [-0.3, -0.25) is 14.5 Å². The minimum atomic E-state index is -3.80. The highest BCUT2D eigenvalue weighted by molar-refractivity contribution is 7.89. The third kappa shape index (κ3) is 5.46. The molecule has 1 unspecified atom stereocenters. The van der Waals surface area contributed by atoms with E-state index in [1.165, 1.54) is 21.7 Å². The number of nitrogens with two attached hydrogens (primary N) is 1. The molecule has 3 heterocycles. The summed E-state index contributed by atoms with van der Waals surface area (Å²) in [7, 11) is -3.80. The highest BCUT2D eigenvalue weighted by Gasteiger charge is 2.38. The molecule has 34 heavy (non-hydrogen) atoms. The van der Waals surface area contributed by atoms with Gasteiger partial charge in [-0.25, -0.2) is 8.42 Å². The minimum Gasteiger partial charge on any atom is -0.369 e. The van der Waals surface area contributed by atoms with E-state index >= 15 is 0 Å². The SMILES string of the molecule is C=CC(c1cc2ccc(Cl)cc2s1)S(=O)(=O)N1CCN(CC2CCN(CC(N)=O)CC2)C(=O)C1. The van der Waals surface area contributed by atoms with E-state index in [0.717, 1.165) is 36.0 Å². The highest BCUT2D eigenvalue weighted by Crippen LogP contribution is 2.37. The Morgan fingerprint density at radius 2 is 1.97 bits per heavy atom. The second-order valence-corrected chi connectivity index (χ2v) is 12.5. The highest BCUT2D eigenvalue weighted by atomic mass is 35.5. The van der Waals surface area contributed by atoms with Crippen molar-refractivity contribution in [1.82, 2.24) is 14.1 Å². The number of hydrogen-bond donors (Lipinski definition) is 1. The number of likely N-dealkylation sites (tertiary alicyclic amines) is 1. The summed E-state index contributed by atoms with van der Waals surface area (Å²) in [6.45, 7) is 6.66. The van der Waals surface area contributed by atoms with Crippen molar-refractivity contribution >= 4 is 54.9 Å². The summed E-state index contributed by atoms with van der Waals surface area (Å²) >= 11 is 7.45. The van der Waals surface area contributed by atoms with Crippen LogP contribution in [0.1, 0.15) is 23.0 Å². The molecule has 0 radical (unpaired) electrons. The van der Waals surface area contributed by atoms with Crippen molar-refractivity contribution in [1.29, 1.82) is 0 Å². The van der Waals surface area contributed by atoms with E-state index in [1.54, 1.807) is 11.0 Å². The number of halogens is 1. The molecule has 2 fully saturated rings. The van der Waals surface area contributed by atoms with Gasteiger partial charge in [-0.2, -0.15) is 4.31 Å². The van der Waals surface area contributed by atoms with Crippen molar-refractivity contribution in [3.8, 4) is 0 Å². The van der Waals surface area contributed by atoms with Crippen molar-refractivity contribution in [2.24, 2.45) is 11.7 Å². The molecular weight excluding hydrogens is 496 g/mol. The number of amides is 2. The van der Waals surface area contributed by atoms with Gasteiger partial charge in [0.15, 0.2) is 0 Å². The number of thiophene rings is 1. The van der Waals surface area contributed by atoms with Crippen LogP contribution in [0, 0.1) is 5.92 Å². The first-order chi connectivity index (χ1) is 16.2. The number of carbonyl (C=O) groups excluding carboxylic acids is 2. The number of carbonyl (C=O) groups is 2. The van der Waals surface area contributed by atoms with E-state index in [2.05, 4.69) is 6.58 Å². The van der Waals surface area contributed by atoms with Gasteiger partial charge >= 0.3 is 0 Å². The molecule has 1 aromatic carbocycles. The van der Waals surface area contributed by atoms with Gasteiger partial charge in [-0.05, 0) is 55.4 Å². The molecule has 1 aromatic heterocycles. The fourth-order valence-corrected chi connectivity index (χ4v) is 8.05. The number of benzene rings is 1. The molecule has 2 aromatic rings. The smallest absolute Gasteiger partial charge is 0.237 e. The van der Waals surface area contributed by atoms with Crippen molar-refractivity contribution in [3.63, 3.8) is 0 Å². The van der Waals surface area contributed by atoms with Crippen LogP contribution >= 0.6 is 22.9 Å². The normalized spacial score (nSPS) is 20.0. The Morgan fingerprint density at radius 1 is 1.24 bits per heavy atom. The van der Waals surface area contributed by atoms with Gasteiger partial charge < -0.3 is 10.6 Å². The van der Waals surface area contributed by atoms with Gasteiger partial charge in [0.05, 0.1) is 13.1 Å². The standard InChI is InChI=1S/C23H29ClN4O4S2/c1-2-21(20-11-17-3-4-18(24)12-19(17)33-20)34(31,32)28-10-9-27(23(30)15-28)13-16-5-7-26(8-6-16)14-22(25)29/h2-4,11-12,16,21H,1,5-10,13-15H2,(H2,25,29). The number of nitrogens with zero attached hydrogens (tertiary/aromatic N) is 3. The number of fused-ring (bicyclic) bond motifs is 1. The van der Waals surface area contributed by atoms with Crippen LogP contribution in [0.15, 0.2) is 36.9 Å². The second-order valence-electron chi connectivity index (χ2n) is 8.89. The number of piperidine rings is 1. The molecule has 11 heteroatoms. The summed E-state index contributed by atoms with van der Waals surface area (Å²) in [5, 5.41) is 0.603. The Bertz CT molecular complexity index is 1190. The third-order valence-electron chi connectivity index (χ3n) is 6.53. The summed E-state index contributed by atoms with van der Waals surface area (Å²) < 4.78 is 29.1. The maximum atomic E-state index is 13.4. The first kappa shape index (κ1) is 25.1. The number of hydrogen-bond acceptors (Lipinski definition) is 6. The monoisotopic (exact) mass is 524 g/mol. The third-order valence-corrected chi connectivity index (χ3v) is 10.2. The van der Waals surface area contributed by atoms with E-state index in [1.807, 2.05) is 23.1 Å². The molecule has 1 atom stereocenters. The molecule has 2 N–H and O–H groups in total. The summed E-state index contributed by atoms with van der Waals surface area (Å²) in [5.41, 5.74) is 5.27. The number of piperazine rings is 1. The molecule has 0 bridgehead atoms. The van der Waals surface area contributed by atoms with E-state index in [9.17, 15) is 18.0 Å². The van der Waals surface area contributed by atoms with Gasteiger partial charge in [0, 0.05) is 34.2 Å². The van der Waals surface area contributed by atoms with Gasteiger partial charge in [-0.15, -0.1) is 17.9 Å². The molecule has 8 nitrogen and oxygen atoms in total. The van der Waals surface area contributed by atoms with Crippen LogP contribution in [0.3, 0.4) is 0 Å². The van der Waals surface area contributed by atoms with Crippen LogP contribution in [-0.2, 0) is 19.6 Å². The molecule has 0 saturated carbocycles. The average molecular weight is 525 g/mol. The molecule has 4 rings (SSSR count). The molecule has 2 saturated heterocycles. The van der Waals surface area contributed by atoms with Crippen LogP contribution in [0.4, 0.5) is 0 Å². The Labute approximate surface area is 209 Å². The zero-order valence-corrected chi connectivity index (χ0v) is 21.2. The molecule has 2 amide bonds. The van der Waals surface area contributed by atoms with Gasteiger partial charge in [-0.1, -0.05) is 23.7 Å². The molecule has 0 aliphatic carbocycles. The fourth-order valence-electron chi connectivity index (χ4n) is 4.67. The Balaban J connectivity index is 1.39. The van der Waals surface area contributed by atoms with Gasteiger partial charge in [0.1, 0.15) is 5.25 Å². The summed E-state index contributed by atoms with van der Waals surface area (Å²) in [6.07, 6.45) is 3.19. The van der Waals surface area contributed by atoms with Crippen LogP contribution in [0.5, 0.6) is 0 Å². The maximum Gasteiger partial charge on any atom is 0.237 e. The van der Waals surface area contributed by atoms with Crippen LogP contribution in [-0.4, -0.2) is 80.2 Å². The number of primary amides is 1. The van der Waals surface area contributed by atoms with Crippen molar-refractivity contribution in [2.75, 3.05) is 45.8 Å². The van der Waals surface area contributed by atoms with E-state index in [4.69, 9.17) is 17.3 Å². The summed E-state index contributed by atoms with van der Waals surface area (Å²) in [5.74, 6) is -0.175. The number of sulfonamides is 1. The topological polar surface area (TPSA) is 104 Å². The largest absolute Gasteiger partial charge is 0.369 e. The van der Waals surface area contributed by atoms with E-state index < -0.39 is 15.3 Å². The summed E-state index contributed by atoms with van der Waals surface area (Å²) in [4.78, 5) is 28.4. The van der Waals surface area contributed by atoms with Crippen LogP contribution < -0.4 is 5.73 Å². The van der Waals surface area contributed by atoms with Gasteiger partial charge in [0.2, 0.25) is 21.8 Å². The average Bonchev–Trinajstić information content (AvgIpc) is 3.18. The fraction of sp³-hybridized carbons (Fsp3) is 0.478. The molecule has 2 aliphatic rings. The molecular formula is C23H29ClN4O4S2. The molecule has 184 valence electrons. The quantitative estimate of drug-likeness (QED) is 0.534.